The van der Waals surface area contributed by atoms with Crippen molar-refractivity contribution in [3.63, 3.8) is 0 Å². The Morgan fingerprint density at radius 3 is 2.35 bits per heavy atom. The molecule has 4 nitrogen and oxygen atoms in total. The molecule has 0 aliphatic heterocycles. The van der Waals surface area contributed by atoms with Crippen LogP contribution < -0.4 is 5.43 Å². The number of hydrogen-bond donors (Lipinski definition) is 1. The van der Waals surface area contributed by atoms with Crippen LogP contribution in [-0.4, -0.2) is 16.6 Å². The van der Waals surface area contributed by atoms with Crippen LogP contribution in [0.5, 0.6) is 0 Å². The Bertz CT molecular complexity index is 366. The first kappa shape index (κ1) is 13.4. The predicted molar refractivity (Wildman–Crippen MR) is 69.0 cm³/mol. The zero-order valence-electron chi connectivity index (χ0n) is 10.4. The standard InChI is InChI=1S/C13H19N3O/c1-3-5-12(6-4-2)15-16-13(17)11-7-9-14-10-8-11/h7-10H,3-6H2,1-2H3,(H,16,17). The fraction of sp³-hybridized carbons (Fsp3) is 0.462. The van der Waals surface area contributed by atoms with Crippen molar-refractivity contribution in [1.82, 2.24) is 10.4 Å². The van der Waals surface area contributed by atoms with Gasteiger partial charge in [0.25, 0.3) is 5.91 Å². The van der Waals surface area contributed by atoms with Gasteiger partial charge >= 0.3 is 0 Å². The first-order chi connectivity index (χ1) is 8.27. The SMILES string of the molecule is CCCC(CCC)=NNC(=O)c1ccncc1. The topological polar surface area (TPSA) is 54.4 Å². The van der Waals surface area contributed by atoms with Crippen molar-refractivity contribution in [2.24, 2.45) is 5.10 Å². The van der Waals surface area contributed by atoms with Gasteiger partial charge < -0.3 is 0 Å². The molecule has 0 spiro atoms. The Balaban J connectivity index is 2.58. The molecule has 1 amide bonds. The van der Waals surface area contributed by atoms with Gasteiger partial charge in [-0.2, -0.15) is 5.10 Å². The molecule has 0 atom stereocenters. The Morgan fingerprint density at radius 1 is 1.24 bits per heavy atom. The predicted octanol–water partition coefficient (Wildman–Crippen LogP) is 2.77. The molecule has 1 rings (SSSR count). The van der Waals surface area contributed by atoms with E-state index in [0.29, 0.717) is 5.56 Å². The van der Waals surface area contributed by atoms with Gasteiger partial charge in [-0.05, 0) is 25.0 Å². The average molecular weight is 233 g/mol. The fourth-order valence-corrected chi connectivity index (χ4v) is 1.51. The largest absolute Gasteiger partial charge is 0.271 e. The van der Waals surface area contributed by atoms with Crippen molar-refractivity contribution in [3.8, 4) is 0 Å². The second-order valence-corrected chi connectivity index (χ2v) is 3.85. The third kappa shape index (κ3) is 4.76. The molecule has 1 heterocycles. The summed E-state index contributed by atoms with van der Waals surface area (Å²) in [5.41, 5.74) is 4.22. The molecule has 0 saturated heterocycles. The molecule has 0 radical (unpaired) electrons. The quantitative estimate of drug-likeness (QED) is 0.606. The van der Waals surface area contributed by atoms with E-state index in [0.717, 1.165) is 31.4 Å². The van der Waals surface area contributed by atoms with Crippen LogP contribution in [0.2, 0.25) is 0 Å². The van der Waals surface area contributed by atoms with Crippen molar-refractivity contribution in [2.45, 2.75) is 39.5 Å². The second-order valence-electron chi connectivity index (χ2n) is 3.85. The minimum absolute atomic E-state index is 0.183. The third-order valence-electron chi connectivity index (χ3n) is 2.34. The first-order valence-electron chi connectivity index (χ1n) is 6.03. The molecule has 1 aromatic rings. The number of aromatic nitrogens is 1. The highest BCUT2D eigenvalue weighted by Crippen LogP contribution is 2.01. The lowest BCUT2D eigenvalue weighted by molar-refractivity contribution is 0.0954. The van der Waals surface area contributed by atoms with Crippen molar-refractivity contribution in [1.29, 1.82) is 0 Å². The second kappa shape index (κ2) is 7.54. The van der Waals surface area contributed by atoms with Crippen LogP contribution in [0.3, 0.4) is 0 Å². The summed E-state index contributed by atoms with van der Waals surface area (Å²) in [5, 5.41) is 4.18. The van der Waals surface area contributed by atoms with E-state index in [1.807, 2.05) is 0 Å². The molecule has 0 aliphatic carbocycles. The maximum atomic E-state index is 11.7. The number of carbonyl (C=O) groups is 1. The van der Waals surface area contributed by atoms with Crippen LogP contribution in [0.25, 0.3) is 0 Å². The Hall–Kier alpha value is -1.71. The maximum Gasteiger partial charge on any atom is 0.271 e. The van der Waals surface area contributed by atoms with Crippen LogP contribution in [0, 0.1) is 0 Å². The van der Waals surface area contributed by atoms with Crippen LogP contribution >= 0.6 is 0 Å². The number of amides is 1. The lowest BCUT2D eigenvalue weighted by Gasteiger charge is -2.04. The van der Waals surface area contributed by atoms with Gasteiger partial charge in [0.2, 0.25) is 0 Å². The number of pyridine rings is 1. The molecule has 0 aliphatic rings. The van der Waals surface area contributed by atoms with Gasteiger partial charge in [0.1, 0.15) is 0 Å². The Kier molecular flexibility index (Phi) is 5.93. The van der Waals surface area contributed by atoms with E-state index in [9.17, 15) is 4.79 Å². The number of nitrogens with one attached hydrogen (secondary N) is 1. The average Bonchev–Trinajstić information content (AvgIpc) is 2.37. The molecule has 0 unspecified atom stereocenters. The van der Waals surface area contributed by atoms with E-state index in [-0.39, 0.29) is 5.91 Å². The van der Waals surface area contributed by atoms with Crippen molar-refractivity contribution < 1.29 is 4.79 Å². The van der Waals surface area contributed by atoms with Crippen LogP contribution in [0.4, 0.5) is 0 Å². The van der Waals surface area contributed by atoms with Crippen molar-refractivity contribution >= 4 is 11.6 Å². The van der Waals surface area contributed by atoms with Gasteiger partial charge in [0, 0.05) is 23.7 Å². The summed E-state index contributed by atoms with van der Waals surface area (Å²) < 4.78 is 0. The lowest BCUT2D eigenvalue weighted by Crippen LogP contribution is -2.19. The summed E-state index contributed by atoms with van der Waals surface area (Å²) in [6.45, 7) is 4.21. The van der Waals surface area contributed by atoms with Crippen molar-refractivity contribution in [2.75, 3.05) is 0 Å². The minimum atomic E-state index is -0.183. The smallest absolute Gasteiger partial charge is 0.267 e. The van der Waals surface area contributed by atoms with Gasteiger partial charge in [0.15, 0.2) is 0 Å². The number of hydrazone groups is 1. The summed E-state index contributed by atoms with van der Waals surface area (Å²) >= 11 is 0. The molecule has 0 aromatic carbocycles. The molecule has 1 aromatic heterocycles. The summed E-state index contributed by atoms with van der Waals surface area (Å²) in [6, 6.07) is 3.34. The molecule has 92 valence electrons. The molecular formula is C13H19N3O. The zero-order chi connectivity index (χ0) is 12.5. The highest BCUT2D eigenvalue weighted by Gasteiger charge is 2.04. The summed E-state index contributed by atoms with van der Waals surface area (Å²) in [7, 11) is 0. The Labute approximate surface area is 102 Å². The van der Waals surface area contributed by atoms with Gasteiger partial charge in [0.05, 0.1) is 0 Å². The minimum Gasteiger partial charge on any atom is -0.267 e. The Morgan fingerprint density at radius 2 is 1.82 bits per heavy atom. The third-order valence-corrected chi connectivity index (χ3v) is 2.34. The zero-order valence-corrected chi connectivity index (χ0v) is 10.4. The van der Waals surface area contributed by atoms with Gasteiger partial charge in [-0.25, -0.2) is 5.43 Å². The van der Waals surface area contributed by atoms with Crippen LogP contribution in [0.1, 0.15) is 49.9 Å². The van der Waals surface area contributed by atoms with Gasteiger partial charge in [-0.1, -0.05) is 26.7 Å². The van der Waals surface area contributed by atoms with Crippen molar-refractivity contribution in [3.05, 3.63) is 30.1 Å². The normalized spacial score (nSPS) is 9.76. The fourth-order valence-electron chi connectivity index (χ4n) is 1.51. The van der Waals surface area contributed by atoms with E-state index >= 15 is 0 Å². The van der Waals surface area contributed by atoms with E-state index < -0.39 is 0 Å². The number of hydrogen-bond acceptors (Lipinski definition) is 3. The summed E-state index contributed by atoms with van der Waals surface area (Å²) in [5.74, 6) is -0.183. The molecule has 0 fully saturated rings. The summed E-state index contributed by atoms with van der Waals surface area (Å²) in [4.78, 5) is 15.6. The van der Waals surface area contributed by atoms with E-state index in [4.69, 9.17) is 0 Å². The maximum absolute atomic E-state index is 11.7. The highest BCUT2D eigenvalue weighted by molar-refractivity contribution is 5.95. The molecule has 0 bridgehead atoms. The lowest BCUT2D eigenvalue weighted by atomic mass is 10.1. The molecule has 17 heavy (non-hydrogen) atoms. The number of rotatable bonds is 6. The number of carbonyl (C=O) groups excluding carboxylic acids is 1. The van der Waals surface area contributed by atoms with Gasteiger partial charge in [-0.3, -0.25) is 9.78 Å². The molecule has 0 saturated carbocycles. The molecule has 1 N–H and O–H groups in total. The van der Waals surface area contributed by atoms with Crippen LogP contribution in [-0.2, 0) is 0 Å². The van der Waals surface area contributed by atoms with E-state index in [2.05, 4.69) is 29.4 Å². The highest BCUT2D eigenvalue weighted by atomic mass is 16.2. The van der Waals surface area contributed by atoms with Gasteiger partial charge in [-0.15, -0.1) is 0 Å². The summed E-state index contributed by atoms with van der Waals surface area (Å²) in [6.07, 6.45) is 7.15. The van der Waals surface area contributed by atoms with Crippen LogP contribution in [0.15, 0.2) is 29.6 Å². The molecule has 4 heteroatoms. The molecular weight excluding hydrogens is 214 g/mol. The first-order valence-corrected chi connectivity index (χ1v) is 6.03. The van der Waals surface area contributed by atoms with E-state index in [1.54, 1.807) is 24.5 Å². The van der Waals surface area contributed by atoms with E-state index in [1.165, 1.54) is 0 Å². The monoisotopic (exact) mass is 233 g/mol. The number of nitrogens with zero attached hydrogens (tertiary/aromatic N) is 2.